The van der Waals surface area contributed by atoms with Gasteiger partial charge in [-0.1, -0.05) is 30.3 Å². The Morgan fingerprint density at radius 1 is 1.18 bits per heavy atom. The molecular formula is C18H30N6O4. The molecule has 10 heteroatoms. The van der Waals surface area contributed by atoms with E-state index in [1.54, 1.807) is 19.3 Å². The summed E-state index contributed by atoms with van der Waals surface area (Å²) in [6, 6.07) is 7.17. The molecule has 0 radical (unpaired) electrons. The summed E-state index contributed by atoms with van der Waals surface area (Å²) in [5.41, 5.74) is 7.35. The Balaban J connectivity index is 2.86. The van der Waals surface area contributed by atoms with Crippen LogP contribution in [0.1, 0.15) is 31.9 Å². The van der Waals surface area contributed by atoms with Crippen molar-refractivity contribution < 1.29 is 19.1 Å². The molecule has 0 saturated carbocycles. The monoisotopic (exact) mass is 394 g/mol. The molecular weight excluding hydrogens is 364 g/mol. The Labute approximate surface area is 164 Å². The second-order valence-corrected chi connectivity index (χ2v) is 7.42. The number of carbonyl (C=O) groups is 3. The van der Waals surface area contributed by atoms with Crippen LogP contribution < -0.4 is 22.8 Å². The van der Waals surface area contributed by atoms with Crippen LogP contribution in [-0.4, -0.2) is 54.5 Å². The molecule has 1 unspecified atom stereocenters. The van der Waals surface area contributed by atoms with Crippen LogP contribution in [0.5, 0.6) is 0 Å². The third-order valence-corrected chi connectivity index (χ3v) is 4.13. The minimum Gasteiger partial charge on any atom is -0.456 e. The second kappa shape index (κ2) is 10.1. The van der Waals surface area contributed by atoms with E-state index >= 15 is 0 Å². The average molecular weight is 394 g/mol. The van der Waals surface area contributed by atoms with Crippen LogP contribution >= 0.6 is 0 Å². The highest BCUT2D eigenvalue weighted by molar-refractivity contribution is 5.96. The number of carbonyl (C=O) groups excluding carboxylic acids is 3. The molecule has 1 aromatic rings. The number of ether oxygens (including phenoxy) is 1. The number of rotatable bonds is 8. The molecule has 1 rings (SSSR count). The molecule has 3 amide bonds. The van der Waals surface area contributed by atoms with Gasteiger partial charge >= 0.3 is 12.0 Å². The van der Waals surface area contributed by atoms with Gasteiger partial charge in [0.05, 0.1) is 11.5 Å². The number of benzene rings is 1. The summed E-state index contributed by atoms with van der Waals surface area (Å²) in [5.74, 6) is 8.93. The van der Waals surface area contributed by atoms with Gasteiger partial charge in [0.1, 0.15) is 6.10 Å². The summed E-state index contributed by atoms with van der Waals surface area (Å²) < 4.78 is 5.73. The maximum Gasteiger partial charge on any atom is 0.352 e. The highest BCUT2D eigenvalue weighted by Gasteiger charge is 2.37. The third-order valence-electron chi connectivity index (χ3n) is 4.13. The van der Waals surface area contributed by atoms with E-state index < -0.39 is 35.5 Å². The van der Waals surface area contributed by atoms with Gasteiger partial charge in [-0.05, 0) is 39.9 Å². The summed E-state index contributed by atoms with van der Waals surface area (Å²) in [7, 11) is 3.75. The zero-order valence-corrected chi connectivity index (χ0v) is 16.7. The molecule has 1 aromatic carbocycles. The number of likely N-dealkylation sites (N-methyl/N-ethyl adjacent to an activating group) is 1. The minimum absolute atomic E-state index is 0.0697. The minimum atomic E-state index is -1.19. The molecule has 0 spiro atoms. The lowest BCUT2D eigenvalue weighted by atomic mass is 9.85. The van der Waals surface area contributed by atoms with Crippen LogP contribution in [0.3, 0.4) is 0 Å². The quantitative estimate of drug-likeness (QED) is 0.205. The molecule has 0 heterocycles. The number of nitrogens with two attached hydrogens (primary N) is 3. The fourth-order valence-corrected chi connectivity index (χ4v) is 2.57. The molecule has 0 saturated heterocycles. The van der Waals surface area contributed by atoms with Gasteiger partial charge < -0.3 is 15.4 Å². The van der Waals surface area contributed by atoms with E-state index in [4.69, 9.17) is 22.2 Å². The van der Waals surface area contributed by atoms with Gasteiger partial charge in [0, 0.05) is 6.54 Å². The maximum atomic E-state index is 12.8. The normalized spacial score (nSPS) is 13.6. The van der Waals surface area contributed by atoms with Crippen LogP contribution in [0.4, 0.5) is 4.79 Å². The van der Waals surface area contributed by atoms with Crippen LogP contribution in [0.15, 0.2) is 30.3 Å². The van der Waals surface area contributed by atoms with Crippen LogP contribution in [0.25, 0.3) is 0 Å². The molecule has 0 aliphatic rings. The molecule has 28 heavy (non-hydrogen) atoms. The first-order valence-corrected chi connectivity index (χ1v) is 8.75. The molecule has 2 atom stereocenters. The van der Waals surface area contributed by atoms with E-state index in [9.17, 15) is 14.4 Å². The van der Waals surface area contributed by atoms with Crippen LogP contribution in [0, 0.1) is 5.41 Å². The lowest BCUT2D eigenvalue weighted by Crippen LogP contribution is -2.56. The van der Waals surface area contributed by atoms with Crippen molar-refractivity contribution in [2.45, 2.75) is 32.4 Å². The largest absolute Gasteiger partial charge is 0.456 e. The van der Waals surface area contributed by atoms with Gasteiger partial charge in [-0.3, -0.25) is 15.0 Å². The number of nitrogens with one attached hydrogen (secondary N) is 1. The summed E-state index contributed by atoms with van der Waals surface area (Å²) in [6.45, 7) is 3.72. The molecule has 0 aromatic heterocycles. The molecule has 7 N–H and O–H groups in total. The van der Waals surface area contributed by atoms with E-state index in [1.165, 1.54) is 0 Å². The van der Waals surface area contributed by atoms with Crippen molar-refractivity contribution >= 4 is 17.9 Å². The number of esters is 1. The Morgan fingerprint density at radius 2 is 1.75 bits per heavy atom. The van der Waals surface area contributed by atoms with Crippen molar-refractivity contribution in [3.05, 3.63) is 35.9 Å². The molecule has 0 aliphatic heterocycles. The molecule has 0 bridgehead atoms. The maximum absolute atomic E-state index is 12.8. The number of hydrogen-bond acceptors (Lipinski definition) is 8. The van der Waals surface area contributed by atoms with Crippen molar-refractivity contribution in [2.75, 3.05) is 20.6 Å². The van der Waals surface area contributed by atoms with E-state index in [0.717, 1.165) is 5.56 Å². The predicted molar refractivity (Wildman–Crippen MR) is 104 cm³/mol. The smallest absolute Gasteiger partial charge is 0.352 e. The van der Waals surface area contributed by atoms with E-state index in [-0.39, 0.29) is 11.4 Å². The predicted octanol–water partition coefficient (Wildman–Crippen LogP) is -0.138. The lowest BCUT2D eigenvalue weighted by molar-refractivity contribution is -0.161. The number of nitrogens with zero attached hydrogens (tertiary/aromatic N) is 2. The molecule has 156 valence electrons. The SMILES string of the molecule is CN(C)CC(OC(=O)C(C)(C)C[C@H](N)C(=O)N(N)C(=O)NN)c1ccccc1. The summed E-state index contributed by atoms with van der Waals surface area (Å²) in [6.07, 6.45) is -0.552. The Kier molecular flexibility index (Phi) is 8.51. The van der Waals surface area contributed by atoms with E-state index in [0.29, 0.717) is 6.54 Å². The number of amides is 3. The fraction of sp³-hybridized carbons (Fsp3) is 0.500. The van der Waals surface area contributed by atoms with Crippen molar-refractivity contribution in [1.29, 1.82) is 0 Å². The van der Waals surface area contributed by atoms with Crippen molar-refractivity contribution in [3.63, 3.8) is 0 Å². The van der Waals surface area contributed by atoms with Gasteiger partial charge in [-0.2, -0.15) is 5.01 Å². The first-order valence-electron chi connectivity index (χ1n) is 8.75. The molecule has 0 aliphatic carbocycles. The van der Waals surface area contributed by atoms with Gasteiger partial charge in [-0.25, -0.2) is 16.5 Å². The van der Waals surface area contributed by atoms with Crippen LogP contribution in [0.2, 0.25) is 0 Å². The van der Waals surface area contributed by atoms with Crippen molar-refractivity contribution in [2.24, 2.45) is 22.8 Å². The van der Waals surface area contributed by atoms with Gasteiger partial charge in [0.25, 0.3) is 5.91 Å². The third kappa shape index (κ3) is 6.57. The highest BCUT2D eigenvalue weighted by Crippen LogP contribution is 2.28. The fourth-order valence-electron chi connectivity index (χ4n) is 2.57. The zero-order valence-electron chi connectivity index (χ0n) is 16.7. The highest BCUT2D eigenvalue weighted by atomic mass is 16.5. The van der Waals surface area contributed by atoms with Gasteiger partial charge in [0.15, 0.2) is 0 Å². The van der Waals surface area contributed by atoms with Gasteiger partial charge in [-0.15, -0.1) is 0 Å². The zero-order chi connectivity index (χ0) is 21.5. The van der Waals surface area contributed by atoms with Crippen molar-refractivity contribution in [3.8, 4) is 0 Å². The standard InChI is InChI=1S/C18H30N6O4/c1-18(2,10-13(19)15(25)24(21)17(27)22-20)16(26)28-14(11-23(3)4)12-8-6-5-7-9-12/h5-9,13-14H,10-11,19-21H2,1-4H3,(H,22,27)/t13-,14?/m0/s1. The molecule has 10 nitrogen and oxygen atoms in total. The first-order chi connectivity index (χ1) is 13.0. The lowest BCUT2D eigenvalue weighted by Gasteiger charge is -2.30. The Morgan fingerprint density at radius 3 is 2.25 bits per heavy atom. The number of hydrazine groups is 2. The number of imide groups is 1. The van der Waals surface area contributed by atoms with E-state index in [2.05, 4.69) is 0 Å². The van der Waals surface area contributed by atoms with Crippen LogP contribution in [-0.2, 0) is 14.3 Å². The number of hydrogen-bond donors (Lipinski definition) is 4. The second-order valence-electron chi connectivity index (χ2n) is 7.42. The summed E-state index contributed by atoms with van der Waals surface area (Å²) in [5, 5.41) is 0.283. The van der Waals surface area contributed by atoms with Gasteiger partial charge in [0.2, 0.25) is 0 Å². The van der Waals surface area contributed by atoms with E-state index in [1.807, 2.05) is 49.3 Å². The summed E-state index contributed by atoms with van der Waals surface area (Å²) >= 11 is 0. The first kappa shape index (κ1) is 23.5. The Bertz CT molecular complexity index is 680. The molecule has 0 fully saturated rings. The summed E-state index contributed by atoms with van der Waals surface area (Å²) in [4.78, 5) is 38.2. The Hall–Kier alpha value is -2.53. The average Bonchev–Trinajstić information content (AvgIpc) is 2.65. The topological polar surface area (TPSA) is 157 Å². The number of urea groups is 1. The van der Waals surface area contributed by atoms with Crippen molar-refractivity contribution in [1.82, 2.24) is 15.3 Å².